The minimum Gasteiger partial charge on any atom is -0.488 e. The number of nitrogens with zero attached hydrogens (tertiary/aromatic N) is 4. The molecule has 3 heterocycles. The second-order valence-corrected chi connectivity index (χ2v) is 11.7. The van der Waals surface area contributed by atoms with Crippen LogP contribution in [0.4, 0.5) is 5.82 Å². The molecular weight excluding hydrogens is 544 g/mol. The summed E-state index contributed by atoms with van der Waals surface area (Å²) in [4.78, 5) is 41.0. The van der Waals surface area contributed by atoms with Crippen LogP contribution < -0.4 is 20.9 Å². The van der Waals surface area contributed by atoms with Gasteiger partial charge >= 0.3 is 11.7 Å². The van der Waals surface area contributed by atoms with Crippen LogP contribution >= 0.6 is 0 Å². The number of hydrogen-bond acceptors (Lipinski definition) is 7. The van der Waals surface area contributed by atoms with Crippen LogP contribution in [0, 0.1) is 5.92 Å². The zero-order chi connectivity index (χ0) is 30.5. The molecule has 0 N–H and O–H groups in total. The van der Waals surface area contributed by atoms with E-state index >= 15 is 0 Å². The smallest absolute Gasteiger partial charge is 0.332 e. The summed E-state index contributed by atoms with van der Waals surface area (Å²) in [6.07, 6.45) is 6.62. The third-order valence-corrected chi connectivity index (χ3v) is 8.82. The highest BCUT2D eigenvalue weighted by Gasteiger charge is 2.23. The number of aromatic nitrogens is 2. The highest BCUT2D eigenvalue weighted by molar-refractivity contribution is 5.85. The second-order valence-electron chi connectivity index (χ2n) is 11.7. The van der Waals surface area contributed by atoms with Gasteiger partial charge in [0.15, 0.2) is 0 Å². The molecule has 1 saturated heterocycles. The quantitative estimate of drug-likeness (QED) is 0.353. The fourth-order valence-corrected chi connectivity index (χ4v) is 6.11. The van der Waals surface area contributed by atoms with E-state index in [0.717, 1.165) is 84.4 Å². The molecule has 9 nitrogen and oxygen atoms in total. The van der Waals surface area contributed by atoms with Crippen LogP contribution in [-0.4, -0.2) is 60.3 Å². The molecule has 1 fully saturated rings. The van der Waals surface area contributed by atoms with Crippen LogP contribution in [0.2, 0.25) is 0 Å². The molecule has 0 radical (unpaired) electrons. The maximum absolute atomic E-state index is 12.4. The summed E-state index contributed by atoms with van der Waals surface area (Å²) >= 11 is 0. The molecule has 0 saturated carbocycles. The van der Waals surface area contributed by atoms with Gasteiger partial charge in [-0.15, -0.1) is 0 Å². The Morgan fingerprint density at radius 2 is 1.79 bits per heavy atom. The molecule has 0 unspecified atom stereocenters. The van der Waals surface area contributed by atoms with Gasteiger partial charge in [0, 0.05) is 45.4 Å². The molecule has 2 aliphatic heterocycles. The van der Waals surface area contributed by atoms with Gasteiger partial charge in [0.25, 0.3) is 5.56 Å². The van der Waals surface area contributed by atoms with Crippen molar-refractivity contribution in [2.75, 3.05) is 45.2 Å². The molecule has 0 amide bonds. The van der Waals surface area contributed by atoms with Crippen LogP contribution in [0.15, 0.2) is 64.2 Å². The SMILES string of the molecule is COC(=O)Cc1ccc2c(c1)/C(=C\CCN(C)CCC1CCN(c3cc(=O)n(C)c(=O)n3C)CC1)c1ccccc1CO2. The van der Waals surface area contributed by atoms with Crippen molar-refractivity contribution in [2.45, 2.75) is 38.7 Å². The Labute approximate surface area is 253 Å². The van der Waals surface area contributed by atoms with Gasteiger partial charge in [-0.05, 0) is 79.6 Å². The van der Waals surface area contributed by atoms with Crippen LogP contribution in [0.3, 0.4) is 0 Å². The minimum absolute atomic E-state index is 0.224. The van der Waals surface area contributed by atoms with E-state index in [4.69, 9.17) is 9.47 Å². The first-order chi connectivity index (χ1) is 20.7. The number of rotatable bonds is 9. The Hall–Kier alpha value is -4.11. The van der Waals surface area contributed by atoms with Crippen molar-refractivity contribution in [2.24, 2.45) is 20.0 Å². The first-order valence-electron chi connectivity index (χ1n) is 15.1. The predicted octanol–water partition coefficient (Wildman–Crippen LogP) is 3.75. The molecule has 1 aromatic heterocycles. The average Bonchev–Trinajstić information content (AvgIpc) is 3.17. The predicted molar refractivity (Wildman–Crippen MR) is 169 cm³/mol. The molecule has 0 bridgehead atoms. The first kappa shape index (κ1) is 30.4. The molecule has 0 aliphatic carbocycles. The summed E-state index contributed by atoms with van der Waals surface area (Å²) in [5.74, 6) is 1.89. The molecule has 9 heteroatoms. The van der Waals surface area contributed by atoms with Gasteiger partial charge in [0.2, 0.25) is 0 Å². The van der Waals surface area contributed by atoms with Crippen molar-refractivity contribution in [3.63, 3.8) is 0 Å². The lowest BCUT2D eigenvalue weighted by molar-refractivity contribution is -0.139. The van der Waals surface area contributed by atoms with Crippen LogP contribution in [-0.2, 0) is 36.7 Å². The Kier molecular flexibility index (Phi) is 9.50. The molecule has 43 heavy (non-hydrogen) atoms. The van der Waals surface area contributed by atoms with E-state index in [0.29, 0.717) is 18.3 Å². The van der Waals surface area contributed by atoms with Gasteiger partial charge in [-0.3, -0.25) is 18.7 Å². The van der Waals surface area contributed by atoms with Crippen molar-refractivity contribution in [1.29, 1.82) is 0 Å². The molecule has 2 aromatic carbocycles. The van der Waals surface area contributed by atoms with Crippen LogP contribution in [0.5, 0.6) is 5.75 Å². The number of benzene rings is 2. The van der Waals surface area contributed by atoms with E-state index in [1.54, 1.807) is 17.7 Å². The summed E-state index contributed by atoms with van der Waals surface area (Å²) in [6, 6.07) is 15.9. The van der Waals surface area contributed by atoms with Crippen molar-refractivity contribution in [3.8, 4) is 5.75 Å². The number of carbonyl (C=O) groups excluding carboxylic acids is 1. The number of anilines is 1. The summed E-state index contributed by atoms with van der Waals surface area (Å²) in [5, 5.41) is 0. The zero-order valence-corrected chi connectivity index (χ0v) is 25.7. The fraction of sp³-hybridized carbons (Fsp3) is 0.441. The van der Waals surface area contributed by atoms with Gasteiger partial charge in [0.1, 0.15) is 18.2 Å². The lowest BCUT2D eigenvalue weighted by Crippen LogP contribution is -2.43. The highest BCUT2D eigenvalue weighted by Crippen LogP contribution is 2.37. The van der Waals surface area contributed by atoms with Crippen LogP contribution in [0.1, 0.15) is 47.9 Å². The summed E-state index contributed by atoms with van der Waals surface area (Å²) in [6.45, 7) is 4.14. The standard InChI is InChI=1S/C34H42N4O5/c1-35(17-13-24-14-18-38(19-15-24)31-22-32(39)37(3)34(41)36(31)2)16-7-10-28-27-9-6-5-8-26(27)23-43-30-12-11-25(20-29(28)30)21-33(40)42-4/h5-6,8-12,20,22,24H,7,13-19,21,23H2,1-4H3/b28-10-. The molecule has 3 aromatic rings. The number of methoxy groups -OCH3 is 1. The van der Waals surface area contributed by atoms with Gasteiger partial charge < -0.3 is 19.3 Å². The Balaban J connectivity index is 1.20. The maximum atomic E-state index is 12.4. The van der Waals surface area contributed by atoms with Gasteiger partial charge in [-0.2, -0.15) is 0 Å². The number of carbonyl (C=O) groups is 1. The van der Waals surface area contributed by atoms with Crippen molar-refractivity contribution in [3.05, 3.63) is 97.7 Å². The lowest BCUT2D eigenvalue weighted by Gasteiger charge is -2.34. The molecular formula is C34H42N4O5. The second kappa shape index (κ2) is 13.5. The Bertz CT molecular complexity index is 1610. The van der Waals surface area contributed by atoms with E-state index in [9.17, 15) is 14.4 Å². The van der Waals surface area contributed by atoms with Crippen LogP contribution in [0.25, 0.3) is 5.57 Å². The maximum Gasteiger partial charge on any atom is 0.332 e. The Morgan fingerprint density at radius 1 is 1.02 bits per heavy atom. The number of hydrogen-bond donors (Lipinski definition) is 0. The topological polar surface area (TPSA) is 86.0 Å². The first-order valence-corrected chi connectivity index (χ1v) is 15.1. The minimum atomic E-state index is -0.286. The van der Waals surface area contributed by atoms with Crippen molar-refractivity contribution < 1.29 is 14.3 Å². The van der Waals surface area contributed by atoms with E-state index in [1.165, 1.54) is 19.7 Å². The summed E-state index contributed by atoms with van der Waals surface area (Å²) in [5.41, 5.74) is 4.82. The third kappa shape index (κ3) is 6.94. The van der Waals surface area contributed by atoms with Gasteiger partial charge in [-0.25, -0.2) is 4.79 Å². The van der Waals surface area contributed by atoms with E-state index in [1.807, 2.05) is 18.2 Å². The van der Waals surface area contributed by atoms with E-state index in [-0.39, 0.29) is 23.6 Å². The normalized spacial score (nSPS) is 16.0. The molecule has 2 aliphatic rings. The Morgan fingerprint density at radius 3 is 2.56 bits per heavy atom. The number of ether oxygens (including phenoxy) is 2. The average molecular weight is 587 g/mol. The molecule has 0 spiro atoms. The molecule has 5 rings (SSSR count). The van der Waals surface area contributed by atoms with Crippen molar-refractivity contribution >= 4 is 17.4 Å². The van der Waals surface area contributed by atoms with E-state index < -0.39 is 0 Å². The highest BCUT2D eigenvalue weighted by atomic mass is 16.5. The monoisotopic (exact) mass is 586 g/mol. The molecule has 228 valence electrons. The van der Waals surface area contributed by atoms with Crippen molar-refractivity contribution in [1.82, 2.24) is 14.0 Å². The summed E-state index contributed by atoms with van der Waals surface area (Å²) in [7, 11) is 6.83. The fourth-order valence-electron chi connectivity index (χ4n) is 6.11. The van der Waals surface area contributed by atoms with Gasteiger partial charge in [-0.1, -0.05) is 36.4 Å². The third-order valence-electron chi connectivity index (χ3n) is 8.82. The lowest BCUT2D eigenvalue weighted by atomic mass is 9.92. The summed E-state index contributed by atoms with van der Waals surface area (Å²) < 4.78 is 13.8. The number of esters is 1. The van der Waals surface area contributed by atoms with Gasteiger partial charge in [0.05, 0.1) is 13.5 Å². The zero-order valence-electron chi connectivity index (χ0n) is 25.7. The number of piperidine rings is 1. The number of fused-ring (bicyclic) bond motifs is 2. The largest absolute Gasteiger partial charge is 0.488 e. The molecule has 0 atom stereocenters. The van der Waals surface area contributed by atoms with E-state index in [2.05, 4.69) is 47.2 Å².